The van der Waals surface area contributed by atoms with Gasteiger partial charge >= 0.3 is 0 Å². The Morgan fingerprint density at radius 3 is 2.96 bits per heavy atom. The molecule has 1 aromatic heterocycles. The maximum absolute atomic E-state index is 12.8. The average molecular weight is 326 g/mol. The summed E-state index contributed by atoms with van der Waals surface area (Å²) in [6.07, 6.45) is 4.12. The molecule has 3 heterocycles. The number of hydrogen-bond acceptors (Lipinski definition) is 2. The molecule has 1 aromatic carbocycles. The van der Waals surface area contributed by atoms with Gasteiger partial charge in [-0.3, -0.25) is 4.79 Å². The first-order valence-electron chi connectivity index (χ1n) is 9.09. The number of nitrogens with zero attached hydrogens (tertiary/aromatic N) is 2. The molecule has 0 bridgehead atoms. The van der Waals surface area contributed by atoms with E-state index in [0.29, 0.717) is 12.5 Å². The van der Waals surface area contributed by atoms with Gasteiger partial charge in [-0.2, -0.15) is 0 Å². The summed E-state index contributed by atoms with van der Waals surface area (Å²) in [5.41, 5.74) is 3.99. The zero-order valence-corrected chi connectivity index (χ0v) is 14.6. The quantitative estimate of drug-likeness (QED) is 0.868. The second kappa shape index (κ2) is 6.25. The second-order valence-electron chi connectivity index (χ2n) is 7.58. The Morgan fingerprint density at radius 1 is 1.33 bits per heavy atom. The SMILES string of the molecule is CC(C)Cn1cc2c3c(cccc31)CN(C(=O)[C@H]1CCOC1)CC2. The molecule has 2 aliphatic rings. The van der Waals surface area contributed by atoms with Crippen LogP contribution < -0.4 is 0 Å². The number of rotatable bonds is 3. The van der Waals surface area contributed by atoms with Gasteiger partial charge in [-0.05, 0) is 36.0 Å². The van der Waals surface area contributed by atoms with Gasteiger partial charge in [0.2, 0.25) is 5.91 Å². The Morgan fingerprint density at radius 2 is 2.21 bits per heavy atom. The first kappa shape index (κ1) is 15.7. The molecule has 1 amide bonds. The van der Waals surface area contributed by atoms with Crippen molar-refractivity contribution in [2.75, 3.05) is 19.8 Å². The van der Waals surface area contributed by atoms with Crippen LogP contribution in [-0.2, 0) is 29.0 Å². The predicted octanol–water partition coefficient (Wildman–Crippen LogP) is 3.22. The molecule has 1 saturated heterocycles. The summed E-state index contributed by atoms with van der Waals surface area (Å²) in [4.78, 5) is 14.8. The lowest BCUT2D eigenvalue weighted by Gasteiger charge is -2.24. The molecule has 24 heavy (non-hydrogen) atoms. The van der Waals surface area contributed by atoms with E-state index >= 15 is 0 Å². The molecule has 1 atom stereocenters. The molecule has 2 aromatic rings. The fourth-order valence-electron chi connectivity index (χ4n) is 4.10. The van der Waals surface area contributed by atoms with Crippen molar-refractivity contribution >= 4 is 16.8 Å². The van der Waals surface area contributed by atoms with Crippen molar-refractivity contribution in [3.63, 3.8) is 0 Å². The molecular weight excluding hydrogens is 300 g/mol. The van der Waals surface area contributed by atoms with Crippen LogP contribution in [0.25, 0.3) is 10.9 Å². The van der Waals surface area contributed by atoms with Crippen molar-refractivity contribution in [1.29, 1.82) is 0 Å². The number of aromatic nitrogens is 1. The fourth-order valence-corrected chi connectivity index (χ4v) is 4.10. The van der Waals surface area contributed by atoms with Gasteiger partial charge in [0.1, 0.15) is 0 Å². The second-order valence-corrected chi connectivity index (χ2v) is 7.58. The van der Waals surface area contributed by atoms with Crippen LogP contribution in [0.4, 0.5) is 0 Å². The standard InChI is InChI=1S/C20H26N2O2/c1-14(2)10-22-12-16-6-8-21(20(23)17-7-9-24-13-17)11-15-4-3-5-18(22)19(15)16/h3-5,12,14,17H,6-11,13H2,1-2H3/t17-/m0/s1. The molecule has 4 nitrogen and oxygen atoms in total. The highest BCUT2D eigenvalue weighted by molar-refractivity contribution is 5.89. The molecule has 0 spiro atoms. The van der Waals surface area contributed by atoms with E-state index in [2.05, 4.69) is 42.8 Å². The molecule has 1 fully saturated rings. The minimum Gasteiger partial charge on any atom is -0.381 e. The van der Waals surface area contributed by atoms with Crippen LogP contribution in [-0.4, -0.2) is 35.1 Å². The van der Waals surface area contributed by atoms with E-state index in [1.165, 1.54) is 22.0 Å². The van der Waals surface area contributed by atoms with Crippen molar-refractivity contribution in [1.82, 2.24) is 9.47 Å². The Labute approximate surface area is 143 Å². The number of amides is 1. The summed E-state index contributed by atoms with van der Waals surface area (Å²) >= 11 is 0. The maximum Gasteiger partial charge on any atom is 0.228 e. The van der Waals surface area contributed by atoms with Crippen LogP contribution in [0.2, 0.25) is 0 Å². The number of carbonyl (C=O) groups excluding carboxylic acids is 1. The maximum atomic E-state index is 12.8. The zero-order chi connectivity index (χ0) is 16.7. The molecule has 0 radical (unpaired) electrons. The van der Waals surface area contributed by atoms with Gasteiger partial charge in [0.25, 0.3) is 0 Å². The third kappa shape index (κ3) is 2.73. The molecule has 0 N–H and O–H groups in total. The van der Waals surface area contributed by atoms with E-state index < -0.39 is 0 Å². The van der Waals surface area contributed by atoms with Crippen LogP contribution in [0, 0.1) is 11.8 Å². The van der Waals surface area contributed by atoms with E-state index in [0.717, 1.165) is 39.1 Å². The largest absolute Gasteiger partial charge is 0.381 e. The topological polar surface area (TPSA) is 34.5 Å². The van der Waals surface area contributed by atoms with Gasteiger partial charge in [-0.25, -0.2) is 0 Å². The molecule has 4 rings (SSSR count). The van der Waals surface area contributed by atoms with Crippen LogP contribution in [0.15, 0.2) is 24.4 Å². The lowest BCUT2D eigenvalue weighted by atomic mass is 10.1. The molecule has 0 saturated carbocycles. The number of hydrogen-bond donors (Lipinski definition) is 0. The zero-order valence-electron chi connectivity index (χ0n) is 14.6. The lowest BCUT2D eigenvalue weighted by molar-refractivity contribution is -0.136. The van der Waals surface area contributed by atoms with Crippen LogP contribution >= 0.6 is 0 Å². The molecule has 0 unspecified atom stereocenters. The summed E-state index contributed by atoms with van der Waals surface area (Å²) in [5, 5.41) is 1.37. The monoisotopic (exact) mass is 326 g/mol. The normalized spacial score (nSPS) is 20.8. The Bertz CT molecular complexity index is 756. The van der Waals surface area contributed by atoms with Gasteiger partial charge in [0, 0.05) is 43.3 Å². The minimum absolute atomic E-state index is 0.0579. The van der Waals surface area contributed by atoms with E-state index in [4.69, 9.17) is 4.74 Å². The van der Waals surface area contributed by atoms with E-state index in [9.17, 15) is 4.79 Å². The molecule has 2 aliphatic heterocycles. The van der Waals surface area contributed by atoms with Gasteiger partial charge in [0.05, 0.1) is 12.5 Å². The molecule has 4 heteroatoms. The minimum atomic E-state index is 0.0579. The number of ether oxygens (including phenoxy) is 1. The Kier molecular flexibility index (Phi) is 4.09. The Balaban J connectivity index is 1.66. The van der Waals surface area contributed by atoms with Gasteiger partial charge in [-0.15, -0.1) is 0 Å². The number of carbonyl (C=O) groups is 1. The van der Waals surface area contributed by atoms with Crippen molar-refractivity contribution in [3.8, 4) is 0 Å². The lowest BCUT2D eigenvalue weighted by Crippen LogP contribution is -2.36. The summed E-state index contributed by atoms with van der Waals surface area (Å²) in [7, 11) is 0. The molecule has 0 aliphatic carbocycles. The predicted molar refractivity (Wildman–Crippen MR) is 94.8 cm³/mol. The molecular formula is C20H26N2O2. The highest BCUT2D eigenvalue weighted by Gasteiger charge is 2.30. The van der Waals surface area contributed by atoms with Crippen LogP contribution in [0.1, 0.15) is 31.4 Å². The highest BCUT2D eigenvalue weighted by atomic mass is 16.5. The van der Waals surface area contributed by atoms with Crippen LogP contribution in [0.5, 0.6) is 0 Å². The first-order valence-corrected chi connectivity index (χ1v) is 9.09. The van der Waals surface area contributed by atoms with Crippen molar-refractivity contribution in [3.05, 3.63) is 35.5 Å². The fraction of sp³-hybridized carbons (Fsp3) is 0.550. The number of benzene rings is 1. The van der Waals surface area contributed by atoms with Crippen molar-refractivity contribution in [2.24, 2.45) is 11.8 Å². The smallest absolute Gasteiger partial charge is 0.228 e. The van der Waals surface area contributed by atoms with E-state index in [1.807, 2.05) is 4.90 Å². The van der Waals surface area contributed by atoms with Crippen LogP contribution in [0.3, 0.4) is 0 Å². The third-order valence-corrected chi connectivity index (χ3v) is 5.24. The van der Waals surface area contributed by atoms with Gasteiger partial charge < -0.3 is 14.2 Å². The summed E-state index contributed by atoms with van der Waals surface area (Å²) in [6, 6.07) is 6.53. The summed E-state index contributed by atoms with van der Waals surface area (Å²) in [6.45, 7) is 8.40. The molecule has 128 valence electrons. The van der Waals surface area contributed by atoms with Crippen molar-refractivity contribution in [2.45, 2.75) is 39.8 Å². The highest BCUT2D eigenvalue weighted by Crippen LogP contribution is 2.31. The van der Waals surface area contributed by atoms with E-state index in [-0.39, 0.29) is 11.8 Å². The van der Waals surface area contributed by atoms with Gasteiger partial charge in [-0.1, -0.05) is 26.0 Å². The Hall–Kier alpha value is -1.81. The van der Waals surface area contributed by atoms with E-state index in [1.54, 1.807) is 0 Å². The first-order chi connectivity index (χ1) is 11.6. The van der Waals surface area contributed by atoms with Gasteiger partial charge in [0.15, 0.2) is 0 Å². The summed E-state index contributed by atoms with van der Waals surface area (Å²) in [5.74, 6) is 0.952. The summed E-state index contributed by atoms with van der Waals surface area (Å²) < 4.78 is 7.80. The van der Waals surface area contributed by atoms with Crippen molar-refractivity contribution < 1.29 is 9.53 Å². The third-order valence-electron chi connectivity index (χ3n) is 5.24. The average Bonchev–Trinajstić information content (AvgIpc) is 3.15.